The number of rotatable bonds is 2. The number of carboxylic acid groups (broad SMARTS) is 1. The molecule has 2 rings (SSSR count). The summed E-state index contributed by atoms with van der Waals surface area (Å²) >= 11 is 0. The maximum absolute atomic E-state index is 11.2. The second-order valence-electron chi connectivity index (χ2n) is 3.86. The molecule has 15 heavy (non-hydrogen) atoms. The summed E-state index contributed by atoms with van der Waals surface area (Å²) in [5.74, 6) is -0.146. The first kappa shape index (κ1) is 10.0. The summed E-state index contributed by atoms with van der Waals surface area (Å²) in [6, 6.07) is 7.63. The molecule has 0 aliphatic carbocycles. The van der Waals surface area contributed by atoms with E-state index in [2.05, 4.69) is 0 Å². The lowest BCUT2D eigenvalue weighted by Gasteiger charge is -2.34. The van der Waals surface area contributed by atoms with Gasteiger partial charge < -0.3 is 9.84 Å². The Labute approximate surface area is 88.7 Å². The summed E-state index contributed by atoms with van der Waals surface area (Å²) in [5.41, 5.74) is 0.0803. The van der Waals surface area contributed by atoms with Gasteiger partial charge in [0.15, 0.2) is 0 Å². The van der Waals surface area contributed by atoms with Crippen molar-refractivity contribution < 1.29 is 14.6 Å². The van der Waals surface area contributed by atoms with Crippen LogP contribution in [0.5, 0.6) is 5.75 Å². The third kappa shape index (κ3) is 1.58. The van der Waals surface area contributed by atoms with Crippen molar-refractivity contribution in [1.82, 2.24) is 0 Å². The van der Waals surface area contributed by atoms with Crippen molar-refractivity contribution in [2.24, 2.45) is 0 Å². The molecule has 0 aromatic heterocycles. The summed E-state index contributed by atoms with van der Waals surface area (Å²) in [7, 11) is 0. The topological polar surface area (TPSA) is 46.5 Å². The van der Waals surface area contributed by atoms with Crippen LogP contribution in [0.15, 0.2) is 24.3 Å². The molecule has 0 spiro atoms. The average Bonchev–Trinajstić information content (AvgIpc) is 2.28. The molecule has 1 atom stereocenters. The van der Waals surface area contributed by atoms with Crippen LogP contribution in [0.25, 0.3) is 0 Å². The molecule has 1 aliphatic rings. The van der Waals surface area contributed by atoms with Crippen molar-refractivity contribution >= 4 is 5.97 Å². The summed E-state index contributed by atoms with van der Waals surface area (Å²) in [5, 5.41) is 9.19. The number of ether oxygens (including phenoxy) is 1. The molecular formula is C12H14O3. The Kier molecular flexibility index (Phi) is 2.39. The smallest absolute Gasteiger partial charge is 0.348 e. The Morgan fingerprint density at radius 2 is 2.27 bits per heavy atom. The van der Waals surface area contributed by atoms with Crippen LogP contribution >= 0.6 is 0 Å². The van der Waals surface area contributed by atoms with Gasteiger partial charge in [0.1, 0.15) is 5.75 Å². The van der Waals surface area contributed by atoms with Crippen molar-refractivity contribution in [3.63, 3.8) is 0 Å². The fourth-order valence-corrected chi connectivity index (χ4v) is 1.96. The molecule has 3 heteroatoms. The monoisotopic (exact) mass is 206 g/mol. The second kappa shape index (κ2) is 3.57. The lowest BCUT2D eigenvalue weighted by Crippen LogP contribution is -2.46. The Morgan fingerprint density at radius 3 is 2.93 bits per heavy atom. The number of hydrogen-bond acceptors (Lipinski definition) is 2. The molecule has 1 aliphatic heterocycles. The van der Waals surface area contributed by atoms with Gasteiger partial charge in [-0.25, -0.2) is 4.79 Å². The van der Waals surface area contributed by atoms with Gasteiger partial charge in [0, 0.05) is 6.42 Å². The number of carboxylic acids is 1. The van der Waals surface area contributed by atoms with E-state index >= 15 is 0 Å². The van der Waals surface area contributed by atoms with Gasteiger partial charge in [0.2, 0.25) is 5.60 Å². The lowest BCUT2D eigenvalue weighted by molar-refractivity contribution is -0.157. The molecule has 0 bridgehead atoms. The largest absolute Gasteiger partial charge is 0.478 e. The van der Waals surface area contributed by atoms with Crippen LogP contribution in [0, 0.1) is 0 Å². The van der Waals surface area contributed by atoms with Crippen LogP contribution in [-0.4, -0.2) is 16.7 Å². The zero-order chi connectivity index (χ0) is 10.9. The molecule has 1 aromatic rings. The summed E-state index contributed by atoms with van der Waals surface area (Å²) < 4.78 is 5.63. The van der Waals surface area contributed by atoms with Crippen LogP contribution in [0.1, 0.15) is 25.3 Å². The van der Waals surface area contributed by atoms with Gasteiger partial charge in [0.25, 0.3) is 0 Å². The molecule has 1 N–H and O–H groups in total. The van der Waals surface area contributed by atoms with Crippen molar-refractivity contribution in [2.45, 2.75) is 31.8 Å². The minimum Gasteiger partial charge on any atom is -0.478 e. The van der Waals surface area contributed by atoms with E-state index in [0.717, 1.165) is 12.0 Å². The fourth-order valence-electron chi connectivity index (χ4n) is 1.96. The minimum atomic E-state index is -1.02. The van der Waals surface area contributed by atoms with E-state index in [9.17, 15) is 9.90 Å². The average molecular weight is 206 g/mol. The quantitative estimate of drug-likeness (QED) is 0.807. The van der Waals surface area contributed by atoms with Crippen molar-refractivity contribution in [2.75, 3.05) is 0 Å². The number of fused-ring (bicyclic) bond motifs is 1. The molecule has 0 amide bonds. The standard InChI is InChI=1S/C12H14O3/c1-2-12(11(13)14)8-7-9-5-3-4-6-10(9)15-12/h3-6H,2,7-8H2,1H3,(H,13,14)/t12-/m1/s1. The molecule has 1 heterocycles. The van der Waals surface area contributed by atoms with E-state index in [1.165, 1.54) is 0 Å². The number of para-hydroxylation sites is 1. The van der Waals surface area contributed by atoms with E-state index in [1.54, 1.807) is 0 Å². The van der Waals surface area contributed by atoms with Crippen molar-refractivity contribution in [3.05, 3.63) is 29.8 Å². The number of aryl methyl sites for hydroxylation is 1. The predicted octanol–water partition coefficient (Wildman–Crippen LogP) is 2.25. The SMILES string of the molecule is CC[C@]1(C(=O)O)CCc2ccccc2O1. The molecule has 80 valence electrons. The van der Waals surface area contributed by atoms with Gasteiger partial charge in [-0.05, 0) is 24.5 Å². The van der Waals surface area contributed by atoms with Gasteiger partial charge in [-0.2, -0.15) is 0 Å². The van der Waals surface area contributed by atoms with Gasteiger partial charge in [0.05, 0.1) is 0 Å². The molecule has 0 radical (unpaired) electrons. The molecule has 3 nitrogen and oxygen atoms in total. The van der Waals surface area contributed by atoms with Crippen LogP contribution in [0.4, 0.5) is 0 Å². The number of aliphatic carboxylic acids is 1. The molecular weight excluding hydrogens is 192 g/mol. The van der Waals surface area contributed by atoms with Crippen molar-refractivity contribution in [3.8, 4) is 5.75 Å². The highest BCUT2D eigenvalue weighted by atomic mass is 16.5. The van der Waals surface area contributed by atoms with E-state index in [-0.39, 0.29) is 0 Å². The highest BCUT2D eigenvalue weighted by Gasteiger charge is 2.41. The summed E-state index contributed by atoms with van der Waals surface area (Å²) in [6.07, 6.45) is 1.82. The third-order valence-corrected chi connectivity index (χ3v) is 3.04. The highest BCUT2D eigenvalue weighted by molar-refractivity contribution is 5.78. The maximum Gasteiger partial charge on any atom is 0.348 e. The summed E-state index contributed by atoms with van der Waals surface area (Å²) in [4.78, 5) is 11.2. The highest BCUT2D eigenvalue weighted by Crippen LogP contribution is 2.35. The lowest BCUT2D eigenvalue weighted by atomic mass is 9.89. The zero-order valence-electron chi connectivity index (χ0n) is 8.69. The second-order valence-corrected chi connectivity index (χ2v) is 3.86. The van der Waals surface area contributed by atoms with Gasteiger partial charge in [-0.3, -0.25) is 0 Å². The van der Waals surface area contributed by atoms with E-state index < -0.39 is 11.6 Å². The molecule has 0 unspecified atom stereocenters. The Morgan fingerprint density at radius 1 is 1.53 bits per heavy atom. The summed E-state index contributed by atoms with van der Waals surface area (Å²) in [6.45, 7) is 1.85. The number of carbonyl (C=O) groups is 1. The molecule has 0 saturated heterocycles. The van der Waals surface area contributed by atoms with Crippen LogP contribution in [0.3, 0.4) is 0 Å². The molecule has 1 aromatic carbocycles. The molecule has 0 fully saturated rings. The third-order valence-electron chi connectivity index (χ3n) is 3.04. The van der Waals surface area contributed by atoms with E-state index in [4.69, 9.17) is 4.74 Å². The van der Waals surface area contributed by atoms with Crippen molar-refractivity contribution in [1.29, 1.82) is 0 Å². The number of hydrogen-bond donors (Lipinski definition) is 1. The minimum absolute atomic E-state index is 0.497. The Hall–Kier alpha value is -1.51. The van der Waals surface area contributed by atoms with Crippen LogP contribution < -0.4 is 4.74 Å². The van der Waals surface area contributed by atoms with Crippen LogP contribution in [0.2, 0.25) is 0 Å². The number of benzene rings is 1. The van der Waals surface area contributed by atoms with Gasteiger partial charge in [-0.15, -0.1) is 0 Å². The van der Waals surface area contributed by atoms with Gasteiger partial charge in [-0.1, -0.05) is 25.1 Å². The molecule has 0 saturated carbocycles. The first-order valence-electron chi connectivity index (χ1n) is 5.18. The zero-order valence-corrected chi connectivity index (χ0v) is 8.69. The maximum atomic E-state index is 11.2. The van der Waals surface area contributed by atoms with E-state index in [0.29, 0.717) is 18.6 Å². The first-order chi connectivity index (χ1) is 7.18. The van der Waals surface area contributed by atoms with Crippen LogP contribution in [-0.2, 0) is 11.2 Å². The Bertz CT molecular complexity index is 386. The predicted molar refractivity (Wildman–Crippen MR) is 56.0 cm³/mol. The normalized spacial score (nSPS) is 24.1. The van der Waals surface area contributed by atoms with E-state index in [1.807, 2.05) is 31.2 Å². The Balaban J connectivity index is 2.35. The van der Waals surface area contributed by atoms with Gasteiger partial charge >= 0.3 is 5.97 Å². The first-order valence-corrected chi connectivity index (χ1v) is 5.18. The fraction of sp³-hybridized carbons (Fsp3) is 0.417.